The van der Waals surface area contributed by atoms with Crippen molar-refractivity contribution in [2.75, 3.05) is 11.9 Å². The van der Waals surface area contributed by atoms with Crippen LogP contribution in [0.3, 0.4) is 0 Å². The molecule has 24 heavy (non-hydrogen) atoms. The molecule has 3 aromatic rings. The molecule has 0 aliphatic rings. The SMILES string of the molecule is Cc1cc(NCCc2ccc(-n3cccn3)cc2)c(C#N)c(C)n1. The number of nitriles is 1. The van der Waals surface area contributed by atoms with Gasteiger partial charge in [-0.1, -0.05) is 12.1 Å². The summed E-state index contributed by atoms with van der Waals surface area (Å²) in [6.07, 6.45) is 4.57. The molecule has 0 bridgehead atoms. The molecule has 0 spiro atoms. The highest BCUT2D eigenvalue weighted by atomic mass is 15.3. The molecule has 0 aliphatic heterocycles. The van der Waals surface area contributed by atoms with Crippen LogP contribution in [-0.2, 0) is 6.42 Å². The Kier molecular flexibility index (Phi) is 4.57. The lowest BCUT2D eigenvalue weighted by molar-refractivity contribution is 0.878. The molecule has 0 aliphatic carbocycles. The van der Waals surface area contributed by atoms with E-state index in [-0.39, 0.29) is 0 Å². The van der Waals surface area contributed by atoms with E-state index in [1.807, 2.05) is 36.9 Å². The molecule has 0 amide bonds. The second kappa shape index (κ2) is 6.97. The first-order valence-electron chi connectivity index (χ1n) is 7.88. The molecule has 0 saturated heterocycles. The molecule has 0 fully saturated rings. The molecule has 120 valence electrons. The van der Waals surface area contributed by atoms with E-state index in [9.17, 15) is 5.26 Å². The summed E-state index contributed by atoms with van der Waals surface area (Å²) in [5, 5.41) is 16.9. The number of nitrogens with one attached hydrogen (secondary N) is 1. The van der Waals surface area contributed by atoms with Gasteiger partial charge in [-0.2, -0.15) is 10.4 Å². The monoisotopic (exact) mass is 317 g/mol. The molecule has 2 aromatic heterocycles. The molecule has 2 heterocycles. The standard InChI is InChI=1S/C19H19N5/c1-14-12-19(18(13-20)15(2)23-14)21-10-8-16-4-6-17(7-5-16)24-11-3-9-22-24/h3-7,9,11-12H,8,10H2,1-2H3,(H,21,23). The summed E-state index contributed by atoms with van der Waals surface area (Å²) in [6, 6.07) is 14.4. The van der Waals surface area contributed by atoms with Crippen LogP contribution in [0.5, 0.6) is 0 Å². The van der Waals surface area contributed by atoms with Crippen LogP contribution >= 0.6 is 0 Å². The number of pyridine rings is 1. The third-order valence-electron chi connectivity index (χ3n) is 3.87. The highest BCUT2D eigenvalue weighted by molar-refractivity contribution is 5.59. The van der Waals surface area contributed by atoms with E-state index < -0.39 is 0 Å². The average Bonchev–Trinajstić information content (AvgIpc) is 3.10. The second-order valence-corrected chi connectivity index (χ2v) is 5.68. The van der Waals surface area contributed by atoms with Crippen molar-refractivity contribution >= 4 is 5.69 Å². The minimum absolute atomic E-state index is 0.620. The van der Waals surface area contributed by atoms with Crippen molar-refractivity contribution in [2.45, 2.75) is 20.3 Å². The van der Waals surface area contributed by atoms with Crippen LogP contribution in [0.4, 0.5) is 5.69 Å². The maximum absolute atomic E-state index is 9.29. The van der Waals surface area contributed by atoms with Gasteiger partial charge < -0.3 is 5.32 Å². The van der Waals surface area contributed by atoms with Crippen LogP contribution in [0.25, 0.3) is 5.69 Å². The van der Waals surface area contributed by atoms with Crippen LogP contribution in [0.2, 0.25) is 0 Å². The first-order valence-corrected chi connectivity index (χ1v) is 7.88. The Morgan fingerprint density at radius 2 is 2.00 bits per heavy atom. The topological polar surface area (TPSA) is 66.5 Å². The van der Waals surface area contributed by atoms with Crippen molar-refractivity contribution in [2.24, 2.45) is 0 Å². The fraction of sp³-hybridized carbons (Fsp3) is 0.211. The molecule has 0 saturated carbocycles. The number of aromatic nitrogens is 3. The lowest BCUT2D eigenvalue weighted by Crippen LogP contribution is -2.08. The van der Waals surface area contributed by atoms with Gasteiger partial charge in [0.15, 0.2) is 0 Å². The van der Waals surface area contributed by atoms with Gasteiger partial charge >= 0.3 is 0 Å². The highest BCUT2D eigenvalue weighted by Gasteiger charge is 2.07. The van der Waals surface area contributed by atoms with E-state index in [0.717, 1.165) is 35.7 Å². The van der Waals surface area contributed by atoms with E-state index in [1.54, 1.807) is 6.20 Å². The number of nitrogens with zero attached hydrogens (tertiary/aromatic N) is 4. The molecular formula is C19H19N5. The third kappa shape index (κ3) is 3.44. The van der Waals surface area contributed by atoms with Gasteiger partial charge in [0.05, 0.1) is 22.6 Å². The normalized spacial score (nSPS) is 10.4. The Morgan fingerprint density at radius 3 is 2.67 bits per heavy atom. The zero-order valence-corrected chi connectivity index (χ0v) is 13.8. The predicted octanol–water partition coefficient (Wildman–Crippen LogP) is 3.41. The maximum atomic E-state index is 9.29. The van der Waals surface area contributed by atoms with Gasteiger partial charge in [-0.3, -0.25) is 4.98 Å². The number of hydrogen-bond donors (Lipinski definition) is 1. The third-order valence-corrected chi connectivity index (χ3v) is 3.87. The predicted molar refractivity (Wildman–Crippen MR) is 94.2 cm³/mol. The molecule has 0 unspecified atom stereocenters. The Hall–Kier alpha value is -3.13. The van der Waals surface area contributed by atoms with Crippen LogP contribution in [0.15, 0.2) is 48.8 Å². The molecule has 5 nitrogen and oxygen atoms in total. The molecule has 1 aromatic carbocycles. The summed E-state index contributed by atoms with van der Waals surface area (Å²) in [6.45, 7) is 4.57. The summed E-state index contributed by atoms with van der Waals surface area (Å²) < 4.78 is 1.84. The summed E-state index contributed by atoms with van der Waals surface area (Å²) in [7, 11) is 0. The van der Waals surface area contributed by atoms with E-state index in [1.165, 1.54) is 5.56 Å². The number of benzene rings is 1. The summed E-state index contributed by atoms with van der Waals surface area (Å²) in [5.74, 6) is 0. The van der Waals surface area contributed by atoms with Crippen molar-refractivity contribution < 1.29 is 0 Å². The van der Waals surface area contributed by atoms with Gasteiger partial charge in [0.1, 0.15) is 6.07 Å². The number of rotatable bonds is 5. The Bertz CT molecular complexity index is 858. The molecule has 0 radical (unpaired) electrons. The van der Waals surface area contributed by atoms with Crippen LogP contribution < -0.4 is 5.32 Å². The van der Waals surface area contributed by atoms with Crippen molar-refractivity contribution in [3.63, 3.8) is 0 Å². The van der Waals surface area contributed by atoms with E-state index >= 15 is 0 Å². The first-order chi connectivity index (χ1) is 11.7. The Labute approximate surface area is 141 Å². The largest absolute Gasteiger partial charge is 0.384 e. The second-order valence-electron chi connectivity index (χ2n) is 5.68. The van der Waals surface area contributed by atoms with E-state index in [0.29, 0.717) is 5.56 Å². The minimum atomic E-state index is 0.620. The highest BCUT2D eigenvalue weighted by Crippen LogP contribution is 2.18. The summed E-state index contributed by atoms with van der Waals surface area (Å²) in [5.41, 5.74) is 5.44. The molecular weight excluding hydrogens is 298 g/mol. The van der Waals surface area contributed by atoms with Crippen molar-refractivity contribution in [1.82, 2.24) is 14.8 Å². The van der Waals surface area contributed by atoms with Crippen molar-refractivity contribution in [1.29, 1.82) is 5.26 Å². The molecule has 5 heteroatoms. The number of aryl methyl sites for hydroxylation is 2. The zero-order chi connectivity index (χ0) is 16.9. The Balaban J connectivity index is 1.64. The maximum Gasteiger partial charge on any atom is 0.103 e. The van der Waals surface area contributed by atoms with Gasteiger partial charge in [0.2, 0.25) is 0 Å². The molecule has 0 atom stereocenters. The van der Waals surface area contributed by atoms with Crippen LogP contribution in [0.1, 0.15) is 22.5 Å². The van der Waals surface area contributed by atoms with E-state index in [4.69, 9.17) is 0 Å². The Morgan fingerprint density at radius 1 is 1.21 bits per heavy atom. The molecule has 3 rings (SSSR count). The lowest BCUT2D eigenvalue weighted by atomic mass is 10.1. The average molecular weight is 317 g/mol. The summed E-state index contributed by atoms with van der Waals surface area (Å²) in [4.78, 5) is 4.33. The smallest absolute Gasteiger partial charge is 0.103 e. The minimum Gasteiger partial charge on any atom is -0.384 e. The van der Waals surface area contributed by atoms with Crippen LogP contribution in [0, 0.1) is 25.2 Å². The number of anilines is 1. The fourth-order valence-electron chi connectivity index (χ4n) is 2.69. The fourth-order valence-corrected chi connectivity index (χ4v) is 2.69. The van der Waals surface area contributed by atoms with Crippen molar-refractivity contribution in [3.05, 3.63) is 71.3 Å². The first kappa shape index (κ1) is 15.8. The van der Waals surface area contributed by atoms with Gasteiger partial charge in [-0.05, 0) is 50.1 Å². The van der Waals surface area contributed by atoms with Gasteiger partial charge in [0.25, 0.3) is 0 Å². The van der Waals surface area contributed by atoms with Gasteiger partial charge in [0, 0.05) is 24.6 Å². The van der Waals surface area contributed by atoms with Crippen LogP contribution in [-0.4, -0.2) is 21.3 Å². The quantitative estimate of drug-likeness (QED) is 0.783. The van der Waals surface area contributed by atoms with Gasteiger partial charge in [-0.15, -0.1) is 0 Å². The van der Waals surface area contributed by atoms with Gasteiger partial charge in [-0.25, -0.2) is 4.68 Å². The van der Waals surface area contributed by atoms with E-state index in [2.05, 4.69) is 45.7 Å². The lowest BCUT2D eigenvalue weighted by Gasteiger charge is -2.11. The number of hydrogen-bond acceptors (Lipinski definition) is 4. The van der Waals surface area contributed by atoms with Crippen molar-refractivity contribution in [3.8, 4) is 11.8 Å². The zero-order valence-electron chi connectivity index (χ0n) is 13.8. The summed E-state index contributed by atoms with van der Waals surface area (Å²) >= 11 is 0. The molecule has 1 N–H and O–H groups in total.